The van der Waals surface area contributed by atoms with E-state index in [4.69, 9.17) is 4.42 Å². The fourth-order valence-electron chi connectivity index (χ4n) is 1.78. The Hall–Kier alpha value is -2.67. The second-order valence-electron chi connectivity index (χ2n) is 4.44. The molecule has 0 spiro atoms. The summed E-state index contributed by atoms with van der Waals surface area (Å²) in [5.41, 5.74) is 0.637. The lowest BCUT2D eigenvalue weighted by atomic mass is 10.1. The molecule has 2 N–H and O–H groups in total. The number of nitro benzene ring substituents is 1. The number of non-ortho nitro benzene ring substituents is 1. The first-order chi connectivity index (χ1) is 10.1. The molecule has 1 amide bonds. The number of rotatable bonds is 6. The van der Waals surface area contributed by atoms with Crippen LogP contribution in [-0.4, -0.2) is 22.5 Å². The highest BCUT2D eigenvalue weighted by atomic mass is 16.6. The average Bonchev–Trinajstić information content (AvgIpc) is 2.99. The lowest BCUT2D eigenvalue weighted by Gasteiger charge is -2.09. The lowest BCUT2D eigenvalue weighted by Crippen LogP contribution is -2.29. The van der Waals surface area contributed by atoms with Gasteiger partial charge in [0, 0.05) is 12.1 Å². The monoisotopic (exact) mass is 290 g/mol. The van der Waals surface area contributed by atoms with Crippen LogP contribution in [0.1, 0.15) is 17.4 Å². The largest absolute Gasteiger partial charge is 0.467 e. The number of furan rings is 1. The van der Waals surface area contributed by atoms with Crippen LogP contribution in [0.15, 0.2) is 47.1 Å². The minimum Gasteiger partial charge on any atom is -0.467 e. The fraction of sp³-hybridized carbons (Fsp3) is 0.214. The molecular weight excluding hydrogens is 276 g/mol. The van der Waals surface area contributed by atoms with Crippen LogP contribution in [0.5, 0.6) is 0 Å². The predicted octanol–water partition coefficient (Wildman–Crippen LogP) is 1.58. The maximum atomic E-state index is 11.7. The summed E-state index contributed by atoms with van der Waals surface area (Å²) in [6.45, 7) is 0.0410. The van der Waals surface area contributed by atoms with Crippen LogP contribution in [0.2, 0.25) is 0 Å². The van der Waals surface area contributed by atoms with Crippen molar-refractivity contribution in [2.45, 2.75) is 12.5 Å². The van der Waals surface area contributed by atoms with E-state index in [1.165, 1.54) is 30.5 Å². The van der Waals surface area contributed by atoms with E-state index < -0.39 is 11.0 Å². The van der Waals surface area contributed by atoms with Crippen LogP contribution in [0.3, 0.4) is 0 Å². The van der Waals surface area contributed by atoms with Gasteiger partial charge in [-0.05, 0) is 17.7 Å². The first kappa shape index (κ1) is 14.7. The molecule has 110 valence electrons. The molecule has 0 saturated carbocycles. The number of hydrogen-bond acceptors (Lipinski definition) is 5. The minimum atomic E-state index is -0.902. The molecule has 1 aromatic heterocycles. The Bertz CT molecular complexity index is 607. The van der Waals surface area contributed by atoms with Gasteiger partial charge in [0.25, 0.3) is 5.69 Å². The van der Waals surface area contributed by atoms with Crippen molar-refractivity contribution in [1.82, 2.24) is 5.32 Å². The summed E-state index contributed by atoms with van der Waals surface area (Å²) in [5.74, 6) is 0.0973. The number of aliphatic hydroxyl groups is 1. The third-order valence-electron chi connectivity index (χ3n) is 2.88. The zero-order valence-corrected chi connectivity index (χ0v) is 11.1. The van der Waals surface area contributed by atoms with E-state index in [0.717, 1.165) is 0 Å². The summed E-state index contributed by atoms with van der Waals surface area (Å²) in [7, 11) is 0. The number of nitrogens with one attached hydrogen (secondary N) is 1. The summed E-state index contributed by atoms with van der Waals surface area (Å²) < 4.78 is 5.02. The van der Waals surface area contributed by atoms with Crippen LogP contribution in [0.4, 0.5) is 5.69 Å². The van der Waals surface area contributed by atoms with Crippen molar-refractivity contribution in [3.63, 3.8) is 0 Å². The topological polar surface area (TPSA) is 106 Å². The first-order valence-corrected chi connectivity index (χ1v) is 6.28. The van der Waals surface area contributed by atoms with E-state index in [2.05, 4.69) is 5.32 Å². The fourth-order valence-corrected chi connectivity index (χ4v) is 1.78. The standard InChI is InChI=1S/C14H14N2O5/c17-12(13-2-1-7-21-13)9-15-14(18)8-10-3-5-11(6-4-10)16(19)20/h1-7,12,17H,8-9H2,(H,15,18). The Morgan fingerprint density at radius 1 is 1.33 bits per heavy atom. The number of carbonyl (C=O) groups excluding carboxylic acids is 1. The summed E-state index contributed by atoms with van der Waals surface area (Å²) in [6, 6.07) is 9.02. The Morgan fingerprint density at radius 2 is 2.05 bits per heavy atom. The molecule has 0 fully saturated rings. The van der Waals surface area contributed by atoms with Gasteiger partial charge in [-0.2, -0.15) is 0 Å². The van der Waals surface area contributed by atoms with Gasteiger partial charge in [0.2, 0.25) is 5.91 Å². The van der Waals surface area contributed by atoms with Gasteiger partial charge >= 0.3 is 0 Å². The maximum Gasteiger partial charge on any atom is 0.269 e. The Labute approximate surface area is 120 Å². The third-order valence-corrected chi connectivity index (χ3v) is 2.88. The normalized spacial score (nSPS) is 11.9. The van der Waals surface area contributed by atoms with Crippen LogP contribution in [-0.2, 0) is 11.2 Å². The van der Waals surface area contributed by atoms with E-state index in [-0.39, 0.29) is 24.6 Å². The molecule has 1 heterocycles. The quantitative estimate of drug-likeness (QED) is 0.620. The molecular formula is C14H14N2O5. The molecule has 1 unspecified atom stereocenters. The van der Waals surface area contributed by atoms with Crippen molar-refractivity contribution >= 4 is 11.6 Å². The molecule has 7 nitrogen and oxygen atoms in total. The van der Waals surface area contributed by atoms with Gasteiger partial charge in [-0.15, -0.1) is 0 Å². The molecule has 0 radical (unpaired) electrons. The number of benzene rings is 1. The van der Waals surface area contributed by atoms with Crippen LogP contribution >= 0.6 is 0 Å². The van der Waals surface area contributed by atoms with Gasteiger partial charge in [0.05, 0.1) is 24.2 Å². The zero-order chi connectivity index (χ0) is 15.2. The molecule has 0 saturated heterocycles. The Kier molecular flexibility index (Phi) is 4.68. The van der Waals surface area contributed by atoms with E-state index >= 15 is 0 Å². The maximum absolute atomic E-state index is 11.7. The summed E-state index contributed by atoms with van der Waals surface area (Å²) >= 11 is 0. The van der Waals surface area contributed by atoms with E-state index in [9.17, 15) is 20.0 Å². The van der Waals surface area contributed by atoms with Crippen molar-refractivity contribution in [3.8, 4) is 0 Å². The van der Waals surface area contributed by atoms with Gasteiger partial charge in [0.1, 0.15) is 11.9 Å². The molecule has 0 aliphatic rings. The number of nitrogens with zero attached hydrogens (tertiary/aromatic N) is 1. The summed E-state index contributed by atoms with van der Waals surface area (Å²) in [5, 5.41) is 22.8. The van der Waals surface area contributed by atoms with Crippen LogP contribution in [0, 0.1) is 10.1 Å². The van der Waals surface area contributed by atoms with Crippen molar-refractivity contribution in [3.05, 3.63) is 64.1 Å². The molecule has 1 atom stereocenters. The highest BCUT2D eigenvalue weighted by Crippen LogP contribution is 2.13. The molecule has 0 aliphatic carbocycles. The van der Waals surface area contributed by atoms with Gasteiger partial charge in [-0.25, -0.2) is 0 Å². The van der Waals surface area contributed by atoms with E-state index in [1.54, 1.807) is 12.1 Å². The zero-order valence-electron chi connectivity index (χ0n) is 11.1. The highest BCUT2D eigenvalue weighted by Gasteiger charge is 2.12. The third kappa shape index (κ3) is 4.15. The Morgan fingerprint density at radius 3 is 2.62 bits per heavy atom. The SMILES string of the molecule is O=C(Cc1ccc([N+](=O)[O-])cc1)NCC(O)c1ccco1. The van der Waals surface area contributed by atoms with Gasteiger partial charge in [0.15, 0.2) is 0 Å². The number of carbonyl (C=O) groups is 1. The highest BCUT2D eigenvalue weighted by molar-refractivity contribution is 5.78. The van der Waals surface area contributed by atoms with Crippen LogP contribution < -0.4 is 5.32 Å². The molecule has 21 heavy (non-hydrogen) atoms. The molecule has 0 aliphatic heterocycles. The van der Waals surface area contributed by atoms with Crippen molar-refractivity contribution in [2.75, 3.05) is 6.54 Å². The number of amides is 1. The second-order valence-corrected chi connectivity index (χ2v) is 4.44. The summed E-state index contributed by atoms with van der Waals surface area (Å²) in [4.78, 5) is 21.7. The van der Waals surface area contributed by atoms with Crippen molar-refractivity contribution in [2.24, 2.45) is 0 Å². The summed E-state index contributed by atoms with van der Waals surface area (Å²) in [6.07, 6.45) is 0.626. The minimum absolute atomic E-state index is 0.0209. The second kappa shape index (κ2) is 6.67. The predicted molar refractivity (Wildman–Crippen MR) is 73.5 cm³/mol. The van der Waals surface area contributed by atoms with Gasteiger partial charge < -0.3 is 14.8 Å². The molecule has 7 heteroatoms. The number of aliphatic hydroxyl groups excluding tert-OH is 1. The smallest absolute Gasteiger partial charge is 0.269 e. The van der Waals surface area contributed by atoms with Gasteiger partial charge in [-0.3, -0.25) is 14.9 Å². The van der Waals surface area contributed by atoms with Crippen molar-refractivity contribution in [1.29, 1.82) is 0 Å². The van der Waals surface area contributed by atoms with Crippen LogP contribution in [0.25, 0.3) is 0 Å². The van der Waals surface area contributed by atoms with Gasteiger partial charge in [-0.1, -0.05) is 12.1 Å². The van der Waals surface area contributed by atoms with Crippen molar-refractivity contribution < 1.29 is 19.2 Å². The van der Waals surface area contributed by atoms with E-state index in [0.29, 0.717) is 11.3 Å². The molecule has 0 bridgehead atoms. The number of nitro groups is 1. The Balaban J connectivity index is 1.83. The average molecular weight is 290 g/mol. The molecule has 2 rings (SSSR count). The molecule has 2 aromatic rings. The van der Waals surface area contributed by atoms with E-state index in [1.807, 2.05) is 0 Å². The number of hydrogen-bond donors (Lipinski definition) is 2. The first-order valence-electron chi connectivity index (χ1n) is 6.28. The molecule has 1 aromatic carbocycles. The lowest BCUT2D eigenvalue weighted by molar-refractivity contribution is -0.384.